The van der Waals surface area contributed by atoms with Gasteiger partial charge >= 0.3 is 11.9 Å². The van der Waals surface area contributed by atoms with Crippen molar-refractivity contribution < 1.29 is 33.9 Å². The number of hydrogen-bond acceptors (Lipinski definition) is 3. The number of amides is 1. The van der Waals surface area contributed by atoms with E-state index in [2.05, 4.69) is 14.9 Å². The number of rotatable bonds is 7. The predicted octanol–water partition coefficient (Wildman–Crippen LogP) is 6.01. The number of carbonyl (C=O) groups is 2. The maximum Gasteiger partial charge on any atom is 0.364 e. The molecule has 2 heterocycles. The van der Waals surface area contributed by atoms with Gasteiger partial charge in [-0.25, -0.2) is 9.18 Å². The van der Waals surface area contributed by atoms with Gasteiger partial charge in [-0.05, 0) is 91.6 Å². The minimum Gasteiger partial charge on any atom is -0.491 e. The molecule has 0 saturated heterocycles. The molecule has 236 valence electrons. The van der Waals surface area contributed by atoms with Crippen molar-refractivity contribution in [2.24, 2.45) is 0 Å². The molecule has 0 bridgehead atoms. The van der Waals surface area contributed by atoms with E-state index < -0.39 is 11.5 Å². The van der Waals surface area contributed by atoms with Gasteiger partial charge in [-0.2, -0.15) is 4.99 Å². The molecule has 3 aliphatic rings. The van der Waals surface area contributed by atoms with Crippen LogP contribution in [0.3, 0.4) is 0 Å². The highest BCUT2D eigenvalue weighted by Gasteiger charge is 2.48. The number of aliphatic hydroxyl groups is 1. The summed E-state index contributed by atoms with van der Waals surface area (Å²) < 4.78 is 23.7. The van der Waals surface area contributed by atoms with Gasteiger partial charge in [-0.15, -0.1) is 0 Å². The number of benzene rings is 3. The highest BCUT2D eigenvalue weighted by atomic mass is 19.1. The summed E-state index contributed by atoms with van der Waals surface area (Å²) in [5.74, 6) is -0.822. The quantitative estimate of drug-likeness (QED) is 0.115. The van der Waals surface area contributed by atoms with Crippen molar-refractivity contribution in [1.82, 2.24) is 9.88 Å². The highest BCUT2D eigenvalue weighted by Crippen LogP contribution is 2.48. The van der Waals surface area contributed by atoms with Gasteiger partial charge in [-0.3, -0.25) is 4.79 Å². The second kappa shape index (κ2) is 12.1. The number of ether oxygens (including phenoxy) is 1. The van der Waals surface area contributed by atoms with E-state index in [1.54, 1.807) is 30.3 Å². The Morgan fingerprint density at radius 3 is 2.50 bits per heavy atom. The Balaban J connectivity index is 1.22. The smallest absolute Gasteiger partial charge is 0.364 e. The lowest BCUT2D eigenvalue weighted by atomic mass is 9.76. The zero-order chi connectivity index (χ0) is 31.8. The predicted molar refractivity (Wildman–Crippen MR) is 174 cm³/mol. The summed E-state index contributed by atoms with van der Waals surface area (Å²) in [6.07, 6.45) is 10.2. The van der Waals surface area contributed by atoms with Crippen molar-refractivity contribution in [1.29, 1.82) is 0 Å². The van der Waals surface area contributed by atoms with Gasteiger partial charge in [0.25, 0.3) is 5.91 Å². The summed E-state index contributed by atoms with van der Waals surface area (Å²) in [6, 6.07) is 17.7. The molecule has 1 aromatic heterocycles. The maximum atomic E-state index is 15.5. The van der Waals surface area contributed by atoms with Crippen molar-refractivity contribution in [3.8, 4) is 17.0 Å². The van der Waals surface area contributed by atoms with Crippen LogP contribution in [0.4, 0.5) is 10.1 Å². The molecule has 9 heteroatoms. The molecule has 4 aromatic rings. The first kappa shape index (κ1) is 29.8. The largest absolute Gasteiger partial charge is 0.491 e. The Kier molecular flexibility index (Phi) is 7.84. The van der Waals surface area contributed by atoms with Crippen LogP contribution >= 0.6 is 0 Å². The topological polar surface area (TPSA) is 115 Å². The number of hydrogen-bond donors (Lipinski definition) is 4. The minimum atomic E-state index is -1.03. The zero-order valence-corrected chi connectivity index (χ0v) is 25.5. The number of nitrogens with one attached hydrogen (secondary N) is 2. The van der Waals surface area contributed by atoms with Crippen LogP contribution in [0.25, 0.3) is 28.2 Å². The van der Waals surface area contributed by atoms with Crippen LogP contribution in [0.5, 0.6) is 5.75 Å². The number of halogens is 1. The molecule has 1 aliphatic heterocycles. The number of nitrogens with zero attached hydrogens (tertiary/aromatic N) is 1. The molecule has 7 rings (SSSR count). The molecule has 3 aromatic carbocycles. The third kappa shape index (κ3) is 5.44. The van der Waals surface area contributed by atoms with Crippen LogP contribution in [-0.2, 0) is 11.3 Å². The Bertz CT molecular complexity index is 1880. The molecule has 46 heavy (non-hydrogen) atoms. The average Bonchev–Trinajstić information content (AvgIpc) is 3.22. The standard InChI is InChI=1S/C37H36FN3O5/c38-28-8-4-9-30-33(28)34-32(24-6-2-1-3-7-24)27-16-13-25(22-29(27)41(34)20-21-46-30)35(44)40-37(18-5-19-37)36(45)39-26-14-10-23(11-15-26)12-17-31(42)43/h4,8-17,22,24H,1-3,5-7,18-21H2,(H,39,45)(H,40,44)(H,42,43)/p+1/b17-12+. The summed E-state index contributed by atoms with van der Waals surface area (Å²) in [5, 5.41) is 24.2. The van der Waals surface area contributed by atoms with E-state index in [1.165, 1.54) is 18.6 Å². The second-order valence-corrected chi connectivity index (χ2v) is 12.6. The van der Waals surface area contributed by atoms with Gasteiger partial charge < -0.3 is 24.8 Å². The summed E-state index contributed by atoms with van der Waals surface area (Å²) in [4.78, 5) is 27.6. The molecule has 0 unspecified atom stereocenters. The van der Waals surface area contributed by atoms with E-state index in [4.69, 9.17) is 9.84 Å². The van der Waals surface area contributed by atoms with E-state index >= 15 is 4.39 Å². The average molecular weight is 623 g/mol. The fourth-order valence-electron chi connectivity index (χ4n) is 7.27. The number of aromatic nitrogens is 1. The number of carboxylic acid groups (broad SMARTS) is 1. The Morgan fingerprint density at radius 2 is 1.78 bits per heavy atom. The summed E-state index contributed by atoms with van der Waals surface area (Å²) in [7, 11) is 0. The lowest BCUT2D eigenvalue weighted by Gasteiger charge is -2.37. The Hall–Kier alpha value is -4.92. The van der Waals surface area contributed by atoms with Gasteiger partial charge in [0, 0.05) is 34.7 Å². The number of aliphatic hydroxyl groups excluding tert-OH is 1. The van der Waals surface area contributed by atoms with Crippen LogP contribution in [0.15, 0.2) is 66.7 Å². The molecule has 8 nitrogen and oxygen atoms in total. The van der Waals surface area contributed by atoms with E-state index in [0.717, 1.165) is 60.3 Å². The summed E-state index contributed by atoms with van der Waals surface area (Å²) in [5.41, 5.74) is 4.26. The van der Waals surface area contributed by atoms with Crippen molar-refractivity contribution >= 4 is 40.4 Å². The van der Waals surface area contributed by atoms with Crippen molar-refractivity contribution in [3.05, 3.63) is 89.2 Å². The third-order valence-electron chi connectivity index (χ3n) is 9.77. The zero-order valence-electron chi connectivity index (χ0n) is 25.5. The number of carbonyl (C=O) groups excluding carboxylic acids is 1. The number of aliphatic carboxylic acids is 1. The number of fused-ring (bicyclic) bond motifs is 5. The monoisotopic (exact) mass is 622 g/mol. The third-order valence-corrected chi connectivity index (χ3v) is 9.77. The van der Waals surface area contributed by atoms with Gasteiger partial charge in [0.15, 0.2) is 5.54 Å². The lowest BCUT2D eigenvalue weighted by Crippen LogP contribution is -2.77. The summed E-state index contributed by atoms with van der Waals surface area (Å²) in [6.45, 7) is 0.924. The van der Waals surface area contributed by atoms with Crippen molar-refractivity contribution in [3.63, 3.8) is 0 Å². The van der Waals surface area contributed by atoms with E-state index in [-0.39, 0.29) is 17.6 Å². The van der Waals surface area contributed by atoms with Crippen LogP contribution in [0.2, 0.25) is 0 Å². The lowest BCUT2D eigenvalue weighted by molar-refractivity contribution is -0.372. The fraction of sp³-hybridized carbons (Fsp3) is 0.324. The number of carboxylic acids is 1. The molecular weight excluding hydrogens is 585 g/mol. The van der Waals surface area contributed by atoms with Crippen LogP contribution in [0, 0.1) is 5.82 Å². The molecule has 0 atom stereocenters. The molecule has 2 fully saturated rings. The fourth-order valence-corrected chi connectivity index (χ4v) is 7.27. The molecule has 0 spiro atoms. The first-order chi connectivity index (χ1) is 22.3. The second-order valence-electron chi connectivity index (χ2n) is 12.6. The maximum absolute atomic E-state index is 15.5. The van der Waals surface area contributed by atoms with Crippen molar-refractivity contribution in [2.45, 2.75) is 69.4 Å². The Morgan fingerprint density at radius 1 is 1.00 bits per heavy atom. The molecule has 4 N–H and O–H groups in total. The van der Waals surface area contributed by atoms with Gasteiger partial charge in [0.05, 0.1) is 17.8 Å². The SMILES string of the molecule is O=C(O)/C=C/c1ccc([NH+]=C(O)C2(NC(=O)c3ccc4c(C5CCCCC5)c5n(c4c3)CCOc3cccc(F)c3-5)CCC2)cc1. The molecule has 0 radical (unpaired) electrons. The normalized spacial score (nSPS) is 17.9. The molecule has 2 aliphatic carbocycles. The molecular formula is C37H37FN3O5+. The van der Waals surface area contributed by atoms with Gasteiger partial charge in [0.1, 0.15) is 18.2 Å². The highest BCUT2D eigenvalue weighted by molar-refractivity contribution is 6.03. The van der Waals surface area contributed by atoms with E-state index in [1.807, 2.05) is 24.3 Å². The Labute approximate surface area is 266 Å². The summed E-state index contributed by atoms with van der Waals surface area (Å²) >= 11 is 0. The van der Waals surface area contributed by atoms with Crippen LogP contribution < -0.4 is 15.0 Å². The first-order valence-corrected chi connectivity index (χ1v) is 16.1. The van der Waals surface area contributed by atoms with E-state index in [9.17, 15) is 14.7 Å². The van der Waals surface area contributed by atoms with Gasteiger partial charge in [0.2, 0.25) is 5.69 Å². The van der Waals surface area contributed by atoms with Gasteiger partial charge in [-0.1, -0.05) is 31.4 Å². The molecule has 2 saturated carbocycles. The first-order valence-electron chi connectivity index (χ1n) is 16.1. The molecule has 1 amide bonds. The van der Waals surface area contributed by atoms with E-state index in [0.29, 0.717) is 60.0 Å². The van der Waals surface area contributed by atoms with Crippen molar-refractivity contribution in [2.75, 3.05) is 6.61 Å². The van der Waals surface area contributed by atoms with Crippen LogP contribution in [-0.4, -0.2) is 44.7 Å². The minimum absolute atomic E-state index is 0.0395. The van der Waals surface area contributed by atoms with Crippen LogP contribution in [0.1, 0.15) is 78.8 Å².